The van der Waals surface area contributed by atoms with E-state index in [2.05, 4.69) is 17.0 Å². The average Bonchev–Trinajstić information content (AvgIpc) is 2.77. The first kappa shape index (κ1) is 23.1. The highest BCUT2D eigenvalue weighted by Gasteiger charge is 2.27. The minimum Gasteiger partial charge on any atom is -0.290 e. The van der Waals surface area contributed by atoms with E-state index in [9.17, 15) is 4.79 Å². The summed E-state index contributed by atoms with van der Waals surface area (Å²) >= 11 is 25.5. The molecule has 0 unspecified atom stereocenters. The number of nitrogens with zero attached hydrogens (tertiary/aromatic N) is 1. The van der Waals surface area contributed by atoms with E-state index >= 15 is 0 Å². The first-order valence-corrected chi connectivity index (χ1v) is 11.5. The summed E-state index contributed by atoms with van der Waals surface area (Å²) in [7, 11) is 0. The van der Waals surface area contributed by atoms with Gasteiger partial charge < -0.3 is 0 Å². The molecule has 1 aliphatic rings. The van der Waals surface area contributed by atoms with Crippen LogP contribution in [0.4, 0.5) is 0 Å². The monoisotopic (exact) mass is 501 g/mol. The third-order valence-electron chi connectivity index (χ3n) is 5.26. The molecule has 0 atom stereocenters. The highest BCUT2D eigenvalue weighted by molar-refractivity contribution is 6.38. The van der Waals surface area contributed by atoms with Crippen LogP contribution in [0, 0.1) is 0 Å². The molecule has 0 bridgehead atoms. The summed E-state index contributed by atoms with van der Waals surface area (Å²) in [5.41, 5.74) is 3.65. The third-order valence-corrected chi connectivity index (χ3v) is 6.58. The third kappa shape index (κ3) is 5.28. The molecule has 1 aliphatic heterocycles. The molecule has 1 fully saturated rings. The lowest BCUT2D eigenvalue weighted by Crippen LogP contribution is -2.37. The summed E-state index contributed by atoms with van der Waals surface area (Å²) in [6, 6.07) is 20.7. The van der Waals surface area contributed by atoms with Crippen molar-refractivity contribution in [3.05, 3.63) is 115 Å². The van der Waals surface area contributed by atoms with E-state index in [0.29, 0.717) is 62.0 Å². The maximum absolute atomic E-state index is 13.4. The smallest absolute Gasteiger partial charge is 0.187 e. The molecule has 1 saturated heterocycles. The van der Waals surface area contributed by atoms with E-state index in [1.807, 2.05) is 18.2 Å². The zero-order valence-electron chi connectivity index (χ0n) is 17.0. The van der Waals surface area contributed by atoms with Gasteiger partial charge in [-0.15, -0.1) is 0 Å². The van der Waals surface area contributed by atoms with Gasteiger partial charge in [0.25, 0.3) is 0 Å². The molecule has 3 aromatic rings. The topological polar surface area (TPSA) is 20.3 Å². The molecule has 32 heavy (non-hydrogen) atoms. The Bertz CT molecular complexity index is 1100. The Morgan fingerprint density at radius 1 is 0.656 bits per heavy atom. The number of hydrogen-bond acceptors (Lipinski definition) is 2. The van der Waals surface area contributed by atoms with Gasteiger partial charge in [-0.2, -0.15) is 0 Å². The van der Waals surface area contributed by atoms with Crippen LogP contribution in [0.25, 0.3) is 12.2 Å². The molecular formula is C26H19Cl4NO. The molecule has 0 aliphatic carbocycles. The van der Waals surface area contributed by atoms with Crippen molar-refractivity contribution in [3.8, 4) is 0 Å². The van der Waals surface area contributed by atoms with E-state index < -0.39 is 0 Å². The Balaban J connectivity index is 1.77. The Hall–Kier alpha value is -2.07. The van der Waals surface area contributed by atoms with Crippen LogP contribution in [0.3, 0.4) is 0 Å². The van der Waals surface area contributed by atoms with Gasteiger partial charge in [0.2, 0.25) is 0 Å². The van der Waals surface area contributed by atoms with Crippen molar-refractivity contribution in [1.29, 1.82) is 0 Å². The van der Waals surface area contributed by atoms with Gasteiger partial charge in [-0.25, -0.2) is 0 Å². The molecule has 2 nitrogen and oxygen atoms in total. The molecule has 3 aromatic carbocycles. The lowest BCUT2D eigenvalue weighted by Gasteiger charge is -2.30. The van der Waals surface area contributed by atoms with Crippen LogP contribution in [0.15, 0.2) is 77.9 Å². The standard InChI is InChI=1S/C26H19Cl4NO/c27-22-8-4-9-23(28)20(22)12-18-15-31(14-17-6-2-1-3-7-17)16-19(26(18)32)13-21-24(29)10-5-11-25(21)30/h1-13H,14-16H2/b18-12-,19-13-. The van der Waals surface area contributed by atoms with Crippen LogP contribution in [0.1, 0.15) is 16.7 Å². The van der Waals surface area contributed by atoms with Crippen molar-refractivity contribution in [2.75, 3.05) is 13.1 Å². The second-order valence-corrected chi connectivity index (χ2v) is 9.20. The fourth-order valence-corrected chi connectivity index (χ4v) is 4.72. The SMILES string of the molecule is O=C1/C(=C\c2c(Cl)cccc2Cl)CN(Cc2ccccc2)C/C1=C/c1c(Cl)cccc1Cl. The normalized spacial score (nSPS) is 17.3. The summed E-state index contributed by atoms with van der Waals surface area (Å²) in [5.74, 6) is -0.0683. The lowest BCUT2D eigenvalue weighted by atomic mass is 9.93. The van der Waals surface area contributed by atoms with Gasteiger partial charge in [-0.3, -0.25) is 9.69 Å². The van der Waals surface area contributed by atoms with Crippen molar-refractivity contribution in [3.63, 3.8) is 0 Å². The van der Waals surface area contributed by atoms with Crippen LogP contribution in [-0.2, 0) is 11.3 Å². The van der Waals surface area contributed by atoms with Crippen LogP contribution in [-0.4, -0.2) is 23.8 Å². The molecule has 0 saturated carbocycles. The summed E-state index contributed by atoms with van der Waals surface area (Å²) < 4.78 is 0. The van der Waals surface area contributed by atoms with Gasteiger partial charge >= 0.3 is 0 Å². The molecule has 4 rings (SSSR count). The van der Waals surface area contributed by atoms with Crippen LogP contribution < -0.4 is 0 Å². The molecule has 0 spiro atoms. The average molecular weight is 503 g/mol. The quantitative estimate of drug-likeness (QED) is 0.338. The van der Waals surface area contributed by atoms with Crippen LogP contribution in [0.5, 0.6) is 0 Å². The number of piperidine rings is 1. The molecule has 162 valence electrons. The molecule has 6 heteroatoms. The second-order valence-electron chi connectivity index (χ2n) is 7.57. The maximum atomic E-state index is 13.4. The van der Waals surface area contributed by atoms with Gasteiger partial charge in [0.05, 0.1) is 0 Å². The van der Waals surface area contributed by atoms with E-state index in [1.54, 1.807) is 48.6 Å². The van der Waals surface area contributed by atoms with Crippen molar-refractivity contribution >= 4 is 64.3 Å². The fourth-order valence-electron chi connectivity index (χ4n) is 3.71. The molecule has 0 N–H and O–H groups in total. The number of rotatable bonds is 4. The van der Waals surface area contributed by atoms with Gasteiger partial charge in [-0.05, 0) is 42.0 Å². The Morgan fingerprint density at radius 3 is 1.53 bits per heavy atom. The molecule has 1 heterocycles. The summed E-state index contributed by atoms with van der Waals surface area (Å²) in [4.78, 5) is 15.6. The number of benzene rings is 3. The summed E-state index contributed by atoms with van der Waals surface area (Å²) in [6.45, 7) is 1.64. The van der Waals surface area contributed by atoms with Crippen molar-refractivity contribution in [2.45, 2.75) is 6.54 Å². The Morgan fingerprint density at radius 2 is 1.09 bits per heavy atom. The summed E-state index contributed by atoms with van der Waals surface area (Å²) in [5, 5.41) is 1.99. The predicted octanol–water partition coefficient (Wildman–Crippen LogP) is 7.85. The van der Waals surface area contributed by atoms with E-state index in [4.69, 9.17) is 46.4 Å². The highest BCUT2D eigenvalue weighted by atomic mass is 35.5. The number of carbonyl (C=O) groups is 1. The molecule has 0 aromatic heterocycles. The van der Waals surface area contributed by atoms with Gasteiger partial charge in [0.1, 0.15) is 0 Å². The maximum Gasteiger partial charge on any atom is 0.187 e. The molecular weight excluding hydrogens is 484 g/mol. The largest absolute Gasteiger partial charge is 0.290 e. The first-order chi connectivity index (χ1) is 15.4. The van der Waals surface area contributed by atoms with Crippen LogP contribution in [0.2, 0.25) is 20.1 Å². The van der Waals surface area contributed by atoms with E-state index in [-0.39, 0.29) is 5.78 Å². The zero-order chi connectivity index (χ0) is 22.7. The fraction of sp³-hybridized carbons (Fsp3) is 0.115. The summed E-state index contributed by atoms with van der Waals surface area (Å²) in [6.07, 6.45) is 3.57. The first-order valence-electron chi connectivity index (χ1n) is 10.0. The van der Waals surface area contributed by atoms with E-state index in [1.165, 1.54) is 0 Å². The minimum atomic E-state index is -0.0683. The van der Waals surface area contributed by atoms with E-state index in [0.717, 1.165) is 5.56 Å². The highest BCUT2D eigenvalue weighted by Crippen LogP contribution is 2.32. The number of ketones is 1. The Labute approximate surface area is 207 Å². The van der Waals surface area contributed by atoms with Gasteiger partial charge in [-0.1, -0.05) is 88.9 Å². The number of Topliss-reactive ketones (excluding diaryl/α,β-unsaturated/α-hetero) is 1. The Kier molecular flexibility index (Phi) is 7.40. The van der Waals surface area contributed by atoms with Crippen molar-refractivity contribution in [1.82, 2.24) is 4.90 Å². The number of halogens is 4. The van der Waals surface area contributed by atoms with Crippen molar-refractivity contribution in [2.24, 2.45) is 0 Å². The number of hydrogen-bond donors (Lipinski definition) is 0. The van der Waals surface area contributed by atoms with Crippen molar-refractivity contribution < 1.29 is 4.79 Å². The van der Waals surface area contributed by atoms with Gasteiger partial charge in [0.15, 0.2) is 5.78 Å². The zero-order valence-corrected chi connectivity index (χ0v) is 20.0. The van der Waals surface area contributed by atoms with Crippen LogP contribution >= 0.6 is 46.4 Å². The second kappa shape index (κ2) is 10.2. The number of carbonyl (C=O) groups excluding carboxylic acids is 1. The minimum absolute atomic E-state index is 0.0683. The molecule has 0 radical (unpaired) electrons. The van der Waals surface area contributed by atoms with Gasteiger partial charge in [0, 0.05) is 62.0 Å². The number of likely N-dealkylation sites (tertiary alicyclic amines) is 1. The lowest BCUT2D eigenvalue weighted by molar-refractivity contribution is -0.113. The molecule has 0 amide bonds. The predicted molar refractivity (Wildman–Crippen MR) is 136 cm³/mol.